The molecule has 1 aliphatic heterocycles. The van der Waals surface area contributed by atoms with Gasteiger partial charge in [-0.2, -0.15) is 0 Å². The molecule has 0 aromatic carbocycles. The molecule has 2 atom stereocenters. The second kappa shape index (κ2) is 3.52. The Morgan fingerprint density at radius 3 is 2.91 bits per heavy atom. The fraction of sp³-hybridized carbons (Fsp3) is 1.00. The molecule has 0 aromatic rings. The van der Waals surface area contributed by atoms with Crippen molar-refractivity contribution in [2.45, 2.75) is 18.9 Å². The molecule has 66 valence electrons. The van der Waals surface area contributed by atoms with Gasteiger partial charge < -0.3 is 15.2 Å². The van der Waals surface area contributed by atoms with Crippen LogP contribution in [-0.2, 0) is 4.74 Å². The standard InChI is InChI=1S/C8H17NO2/c1-8(10,6-9-2)7-3-4-11-5-7/h7,9-10H,3-6H2,1-2H3. The van der Waals surface area contributed by atoms with Crippen molar-refractivity contribution in [3.05, 3.63) is 0 Å². The van der Waals surface area contributed by atoms with E-state index in [2.05, 4.69) is 5.32 Å². The van der Waals surface area contributed by atoms with Gasteiger partial charge in [-0.25, -0.2) is 0 Å². The lowest BCUT2D eigenvalue weighted by Crippen LogP contribution is -2.43. The third kappa shape index (κ3) is 2.15. The number of aliphatic hydroxyl groups is 1. The average molecular weight is 159 g/mol. The first-order valence-electron chi connectivity index (χ1n) is 4.11. The van der Waals surface area contributed by atoms with Crippen LogP contribution in [0.5, 0.6) is 0 Å². The highest BCUT2D eigenvalue weighted by Gasteiger charge is 2.33. The van der Waals surface area contributed by atoms with Crippen molar-refractivity contribution in [3.8, 4) is 0 Å². The van der Waals surface area contributed by atoms with Crippen molar-refractivity contribution in [2.75, 3.05) is 26.8 Å². The predicted molar refractivity (Wildman–Crippen MR) is 43.5 cm³/mol. The van der Waals surface area contributed by atoms with Crippen molar-refractivity contribution in [3.63, 3.8) is 0 Å². The molecule has 1 fully saturated rings. The minimum Gasteiger partial charge on any atom is -0.388 e. The van der Waals surface area contributed by atoms with E-state index < -0.39 is 5.60 Å². The van der Waals surface area contributed by atoms with Gasteiger partial charge in [-0.15, -0.1) is 0 Å². The highest BCUT2D eigenvalue weighted by atomic mass is 16.5. The summed E-state index contributed by atoms with van der Waals surface area (Å²) in [5.41, 5.74) is -0.606. The van der Waals surface area contributed by atoms with Crippen LogP contribution in [0.1, 0.15) is 13.3 Å². The zero-order valence-corrected chi connectivity index (χ0v) is 7.26. The van der Waals surface area contributed by atoms with Crippen molar-refractivity contribution in [1.82, 2.24) is 5.32 Å². The molecule has 0 aromatic heterocycles. The van der Waals surface area contributed by atoms with Gasteiger partial charge >= 0.3 is 0 Å². The maximum Gasteiger partial charge on any atom is 0.0794 e. The molecule has 0 radical (unpaired) electrons. The first kappa shape index (κ1) is 8.97. The fourth-order valence-corrected chi connectivity index (χ4v) is 1.53. The molecular weight excluding hydrogens is 142 g/mol. The van der Waals surface area contributed by atoms with E-state index in [1.165, 1.54) is 0 Å². The quantitative estimate of drug-likeness (QED) is 0.608. The van der Waals surface area contributed by atoms with E-state index in [-0.39, 0.29) is 0 Å². The normalized spacial score (nSPS) is 30.3. The maximum absolute atomic E-state index is 9.87. The van der Waals surface area contributed by atoms with Crippen molar-refractivity contribution < 1.29 is 9.84 Å². The Labute approximate surface area is 67.7 Å². The summed E-state index contributed by atoms with van der Waals surface area (Å²) in [6, 6.07) is 0. The SMILES string of the molecule is CNCC(C)(O)C1CCOC1. The van der Waals surface area contributed by atoms with E-state index in [9.17, 15) is 5.11 Å². The lowest BCUT2D eigenvalue weighted by Gasteiger charge is -2.28. The summed E-state index contributed by atoms with van der Waals surface area (Å²) in [7, 11) is 1.85. The van der Waals surface area contributed by atoms with E-state index in [4.69, 9.17) is 4.74 Å². The van der Waals surface area contributed by atoms with Gasteiger partial charge in [0.25, 0.3) is 0 Å². The van der Waals surface area contributed by atoms with Crippen LogP contribution in [0.2, 0.25) is 0 Å². The Hall–Kier alpha value is -0.120. The second-order valence-electron chi connectivity index (χ2n) is 3.45. The monoisotopic (exact) mass is 159 g/mol. The summed E-state index contributed by atoms with van der Waals surface area (Å²) < 4.78 is 5.20. The first-order chi connectivity index (χ1) is 5.17. The molecule has 0 aliphatic carbocycles. The number of ether oxygens (including phenoxy) is 1. The molecule has 2 N–H and O–H groups in total. The van der Waals surface area contributed by atoms with Crippen LogP contribution >= 0.6 is 0 Å². The Kier molecular flexibility index (Phi) is 2.87. The molecule has 3 heteroatoms. The maximum atomic E-state index is 9.87. The van der Waals surface area contributed by atoms with Crippen LogP contribution in [-0.4, -0.2) is 37.5 Å². The van der Waals surface area contributed by atoms with Crippen LogP contribution in [0.3, 0.4) is 0 Å². The molecule has 1 saturated heterocycles. The largest absolute Gasteiger partial charge is 0.388 e. The first-order valence-corrected chi connectivity index (χ1v) is 4.11. The molecule has 0 spiro atoms. The highest BCUT2D eigenvalue weighted by Crippen LogP contribution is 2.24. The van der Waals surface area contributed by atoms with Crippen LogP contribution in [0, 0.1) is 5.92 Å². The van der Waals surface area contributed by atoms with Gasteiger partial charge in [0.05, 0.1) is 12.2 Å². The molecule has 1 aliphatic rings. The van der Waals surface area contributed by atoms with E-state index >= 15 is 0 Å². The fourth-order valence-electron chi connectivity index (χ4n) is 1.53. The zero-order valence-electron chi connectivity index (χ0n) is 7.26. The van der Waals surface area contributed by atoms with Crippen LogP contribution < -0.4 is 5.32 Å². The summed E-state index contributed by atoms with van der Waals surface area (Å²) in [6.07, 6.45) is 0.981. The molecule has 1 rings (SSSR count). The minimum absolute atomic E-state index is 0.301. The number of nitrogens with one attached hydrogen (secondary N) is 1. The third-order valence-electron chi connectivity index (χ3n) is 2.34. The Morgan fingerprint density at radius 1 is 1.73 bits per heavy atom. The van der Waals surface area contributed by atoms with Gasteiger partial charge in [-0.05, 0) is 20.4 Å². The van der Waals surface area contributed by atoms with Crippen LogP contribution in [0.25, 0.3) is 0 Å². The van der Waals surface area contributed by atoms with Crippen LogP contribution in [0.15, 0.2) is 0 Å². The average Bonchev–Trinajstić information content (AvgIpc) is 2.37. The number of hydrogen-bond donors (Lipinski definition) is 2. The van der Waals surface area contributed by atoms with Gasteiger partial charge in [0.15, 0.2) is 0 Å². The second-order valence-corrected chi connectivity index (χ2v) is 3.45. The van der Waals surface area contributed by atoms with Gasteiger partial charge in [-0.1, -0.05) is 0 Å². The lowest BCUT2D eigenvalue weighted by molar-refractivity contribution is -0.00246. The van der Waals surface area contributed by atoms with Gasteiger partial charge in [0, 0.05) is 19.1 Å². The van der Waals surface area contributed by atoms with Gasteiger partial charge in [-0.3, -0.25) is 0 Å². The summed E-state index contributed by atoms with van der Waals surface area (Å²) in [5.74, 6) is 0.301. The van der Waals surface area contributed by atoms with E-state index in [1.807, 2.05) is 14.0 Å². The molecule has 0 amide bonds. The Morgan fingerprint density at radius 2 is 2.45 bits per heavy atom. The molecule has 2 unspecified atom stereocenters. The lowest BCUT2D eigenvalue weighted by atomic mass is 9.88. The summed E-state index contributed by atoms with van der Waals surface area (Å²) in [6.45, 7) is 4.00. The third-order valence-corrected chi connectivity index (χ3v) is 2.34. The molecule has 0 saturated carbocycles. The highest BCUT2D eigenvalue weighted by molar-refractivity contribution is 4.85. The van der Waals surface area contributed by atoms with Crippen LogP contribution in [0.4, 0.5) is 0 Å². The topological polar surface area (TPSA) is 41.5 Å². The molecule has 11 heavy (non-hydrogen) atoms. The Balaban J connectivity index is 2.41. The minimum atomic E-state index is -0.606. The number of rotatable bonds is 3. The predicted octanol–water partition coefficient (Wildman–Crippen LogP) is -0.00670. The summed E-state index contributed by atoms with van der Waals surface area (Å²) in [5, 5.41) is 12.9. The van der Waals surface area contributed by atoms with Crippen molar-refractivity contribution >= 4 is 0 Å². The molecule has 0 bridgehead atoms. The van der Waals surface area contributed by atoms with Crippen molar-refractivity contribution in [1.29, 1.82) is 0 Å². The summed E-state index contributed by atoms with van der Waals surface area (Å²) >= 11 is 0. The number of hydrogen-bond acceptors (Lipinski definition) is 3. The molecule has 3 nitrogen and oxygen atoms in total. The van der Waals surface area contributed by atoms with E-state index in [0.29, 0.717) is 19.1 Å². The van der Waals surface area contributed by atoms with E-state index in [1.54, 1.807) is 0 Å². The number of likely N-dealkylation sites (N-methyl/N-ethyl adjacent to an activating group) is 1. The zero-order chi connectivity index (χ0) is 8.32. The summed E-state index contributed by atoms with van der Waals surface area (Å²) in [4.78, 5) is 0. The smallest absolute Gasteiger partial charge is 0.0794 e. The van der Waals surface area contributed by atoms with Gasteiger partial charge in [0.2, 0.25) is 0 Å². The molecular formula is C8H17NO2. The molecule has 1 heterocycles. The van der Waals surface area contributed by atoms with Gasteiger partial charge in [0.1, 0.15) is 0 Å². The Bertz CT molecular complexity index is 119. The van der Waals surface area contributed by atoms with Crippen molar-refractivity contribution in [2.24, 2.45) is 5.92 Å². The van der Waals surface area contributed by atoms with E-state index in [0.717, 1.165) is 13.0 Å².